The molecule has 0 bridgehead atoms. The third-order valence-electron chi connectivity index (χ3n) is 10.7. The van der Waals surface area contributed by atoms with Crippen LogP contribution >= 0.6 is 0 Å². The molecule has 0 spiro atoms. The van der Waals surface area contributed by atoms with Crippen molar-refractivity contribution in [1.82, 2.24) is 40.0 Å². The molecule has 2 saturated heterocycles. The molecule has 14 heteroatoms. The second kappa shape index (κ2) is 16.8. The van der Waals surface area contributed by atoms with Crippen molar-refractivity contribution >= 4 is 24.0 Å². The van der Waals surface area contributed by atoms with Crippen molar-refractivity contribution in [1.29, 1.82) is 0 Å². The minimum Gasteiger partial charge on any atom is -0.453 e. The molecule has 0 saturated carbocycles. The van der Waals surface area contributed by atoms with Crippen LogP contribution in [0.25, 0.3) is 33.6 Å². The van der Waals surface area contributed by atoms with Gasteiger partial charge in [-0.3, -0.25) is 14.5 Å². The van der Waals surface area contributed by atoms with Crippen molar-refractivity contribution in [2.24, 2.45) is 11.8 Å². The van der Waals surface area contributed by atoms with Crippen molar-refractivity contribution in [2.75, 3.05) is 34.3 Å². The number of carbonyl (C=O) groups excluding carboxylic acids is 4. The topological polar surface area (TPSA) is 166 Å². The fourth-order valence-electron chi connectivity index (χ4n) is 7.75. The Morgan fingerprint density at radius 3 is 1.62 bits per heavy atom. The number of amides is 4. The number of nitrogens with zero attached hydrogens (tertiary/aromatic N) is 5. The predicted molar refractivity (Wildman–Crippen MR) is 207 cm³/mol. The summed E-state index contributed by atoms with van der Waals surface area (Å²) in [5, 5.41) is 2.43. The van der Waals surface area contributed by atoms with Gasteiger partial charge in [0.2, 0.25) is 5.91 Å². The Morgan fingerprint density at radius 2 is 1.20 bits per heavy atom. The van der Waals surface area contributed by atoms with Crippen molar-refractivity contribution in [3.05, 3.63) is 72.6 Å². The number of methoxy groups -OCH3 is 1. The summed E-state index contributed by atoms with van der Waals surface area (Å²) in [7, 11) is 4.40. The highest BCUT2D eigenvalue weighted by molar-refractivity contribution is 5.86. The normalized spacial score (nSPS) is 18.1. The van der Waals surface area contributed by atoms with Crippen molar-refractivity contribution in [2.45, 2.75) is 77.6 Å². The van der Waals surface area contributed by atoms with Crippen LogP contribution in [-0.4, -0.2) is 105 Å². The summed E-state index contributed by atoms with van der Waals surface area (Å²) in [6.45, 7) is 8.77. The van der Waals surface area contributed by atoms with Gasteiger partial charge in [-0.05, 0) is 59.8 Å². The molecule has 0 aliphatic carbocycles. The molecule has 14 nitrogen and oxygen atoms in total. The van der Waals surface area contributed by atoms with Crippen molar-refractivity contribution in [3.63, 3.8) is 0 Å². The monoisotopic (exact) mass is 752 g/mol. The second-order valence-corrected chi connectivity index (χ2v) is 15.0. The van der Waals surface area contributed by atoms with Crippen LogP contribution in [0.15, 0.2) is 60.9 Å². The first-order chi connectivity index (χ1) is 26.4. The number of nitrogens with one attached hydrogen (secondary N) is 3. The van der Waals surface area contributed by atoms with Gasteiger partial charge < -0.3 is 34.6 Å². The first-order valence-electron chi connectivity index (χ1n) is 19.0. The van der Waals surface area contributed by atoms with Gasteiger partial charge in [0.25, 0.3) is 5.91 Å². The SMILES string of the molecule is CNC(=O)O[C@H](C(=O)N1CCC[C@H]1c1ncc(-c2ccc(-c3ccc(-c4cnc(C5CCCN5C(=O)[C@H](C(C)C)N(C)C(=O)OC)[nH]4)cc3)cc2)[nH]1)C(C)C. The van der Waals surface area contributed by atoms with Crippen LogP contribution in [0.3, 0.4) is 0 Å². The number of hydrogen-bond donors (Lipinski definition) is 3. The average Bonchev–Trinajstić information content (AvgIpc) is 4.03. The van der Waals surface area contributed by atoms with E-state index >= 15 is 0 Å². The van der Waals surface area contributed by atoms with Crippen LogP contribution < -0.4 is 5.32 Å². The fourth-order valence-corrected chi connectivity index (χ4v) is 7.75. The number of ether oxygens (including phenoxy) is 2. The Morgan fingerprint density at radius 1 is 0.745 bits per heavy atom. The number of alkyl carbamates (subject to hydrolysis) is 1. The number of rotatable bonds is 11. The fraction of sp³-hybridized carbons (Fsp3) is 0.463. The zero-order valence-electron chi connectivity index (χ0n) is 32.7. The van der Waals surface area contributed by atoms with Gasteiger partial charge in [0.05, 0.1) is 43.0 Å². The van der Waals surface area contributed by atoms with Gasteiger partial charge in [0.1, 0.15) is 17.7 Å². The Kier molecular flexibility index (Phi) is 11.9. The Bertz CT molecular complexity index is 1970. The predicted octanol–water partition coefficient (Wildman–Crippen LogP) is 6.56. The molecule has 6 rings (SSSR count). The van der Waals surface area contributed by atoms with E-state index < -0.39 is 24.3 Å². The second-order valence-electron chi connectivity index (χ2n) is 15.0. The molecule has 0 radical (unpaired) electrons. The number of carbonyl (C=O) groups is 4. The summed E-state index contributed by atoms with van der Waals surface area (Å²) < 4.78 is 10.3. The van der Waals surface area contributed by atoms with E-state index in [9.17, 15) is 19.2 Å². The van der Waals surface area contributed by atoms with Crippen LogP contribution in [-0.2, 0) is 19.1 Å². The minimum absolute atomic E-state index is 0.0905. The Labute approximate surface area is 322 Å². The van der Waals surface area contributed by atoms with Crippen molar-refractivity contribution in [3.8, 4) is 33.6 Å². The van der Waals surface area contributed by atoms with E-state index in [0.29, 0.717) is 18.9 Å². The van der Waals surface area contributed by atoms with Crippen LogP contribution in [0.2, 0.25) is 0 Å². The lowest BCUT2D eigenvalue weighted by molar-refractivity contribution is -0.143. The number of aromatic amines is 2. The highest BCUT2D eigenvalue weighted by Gasteiger charge is 2.40. The number of likely N-dealkylation sites (N-methyl/N-ethyl adjacent to an activating group) is 1. The highest BCUT2D eigenvalue weighted by atomic mass is 16.6. The number of benzene rings is 2. The van der Waals surface area contributed by atoms with Gasteiger partial charge in [0.15, 0.2) is 6.10 Å². The van der Waals surface area contributed by atoms with E-state index in [1.807, 2.05) is 44.7 Å². The summed E-state index contributed by atoms with van der Waals surface area (Å²) in [5.74, 6) is 0.856. The first kappa shape index (κ1) is 39.0. The molecule has 1 unspecified atom stereocenters. The maximum atomic E-state index is 13.7. The summed E-state index contributed by atoms with van der Waals surface area (Å²) in [4.78, 5) is 72.7. The van der Waals surface area contributed by atoms with Crippen LogP contribution in [0, 0.1) is 11.8 Å². The molecule has 3 N–H and O–H groups in total. The van der Waals surface area contributed by atoms with Gasteiger partial charge in [-0.15, -0.1) is 0 Å². The molecule has 55 heavy (non-hydrogen) atoms. The van der Waals surface area contributed by atoms with Gasteiger partial charge in [-0.2, -0.15) is 0 Å². The van der Waals surface area contributed by atoms with Crippen molar-refractivity contribution < 1.29 is 28.7 Å². The Hall–Kier alpha value is -5.66. The zero-order chi connectivity index (χ0) is 39.4. The molecule has 2 fully saturated rings. The van der Waals surface area contributed by atoms with E-state index in [1.54, 1.807) is 24.3 Å². The maximum Gasteiger partial charge on any atom is 0.409 e. The summed E-state index contributed by atoms with van der Waals surface area (Å²) in [6.07, 6.45) is 4.81. The lowest BCUT2D eigenvalue weighted by atomic mass is 10.0. The number of aromatic nitrogens is 4. The lowest BCUT2D eigenvalue weighted by Gasteiger charge is -2.34. The molecule has 4 aromatic rings. The van der Waals surface area contributed by atoms with Gasteiger partial charge >= 0.3 is 12.2 Å². The summed E-state index contributed by atoms with van der Waals surface area (Å²) >= 11 is 0. The van der Waals surface area contributed by atoms with E-state index in [0.717, 1.165) is 65.1 Å². The van der Waals surface area contributed by atoms with Crippen LogP contribution in [0.1, 0.15) is 77.1 Å². The van der Waals surface area contributed by atoms with Gasteiger partial charge in [-0.1, -0.05) is 76.2 Å². The van der Waals surface area contributed by atoms with E-state index in [-0.39, 0.29) is 35.7 Å². The number of imidazole rings is 2. The molecule has 2 aliphatic heterocycles. The molecular weight excluding hydrogens is 701 g/mol. The maximum absolute atomic E-state index is 13.7. The number of hydrogen-bond acceptors (Lipinski definition) is 8. The minimum atomic E-state index is -0.875. The third kappa shape index (κ3) is 8.23. The molecule has 4 amide bonds. The average molecular weight is 753 g/mol. The summed E-state index contributed by atoms with van der Waals surface area (Å²) in [6, 6.07) is 15.4. The smallest absolute Gasteiger partial charge is 0.409 e. The summed E-state index contributed by atoms with van der Waals surface area (Å²) in [5.41, 5.74) is 5.77. The molecular formula is C41H52N8O6. The number of H-pyrrole nitrogens is 2. The Balaban J connectivity index is 1.11. The van der Waals surface area contributed by atoms with E-state index in [1.165, 1.54) is 19.1 Å². The molecule has 2 aromatic carbocycles. The van der Waals surface area contributed by atoms with E-state index in [2.05, 4.69) is 56.7 Å². The zero-order valence-corrected chi connectivity index (χ0v) is 32.7. The quantitative estimate of drug-likeness (QED) is 0.155. The number of likely N-dealkylation sites (tertiary alicyclic amines) is 2. The molecule has 4 atom stereocenters. The molecule has 2 aliphatic rings. The lowest BCUT2D eigenvalue weighted by Crippen LogP contribution is -2.51. The van der Waals surface area contributed by atoms with Crippen LogP contribution in [0.4, 0.5) is 9.59 Å². The first-order valence-corrected chi connectivity index (χ1v) is 19.0. The highest BCUT2D eigenvalue weighted by Crippen LogP contribution is 2.35. The van der Waals surface area contributed by atoms with E-state index in [4.69, 9.17) is 14.5 Å². The molecule has 292 valence electrons. The third-order valence-corrected chi connectivity index (χ3v) is 10.7. The molecule has 4 heterocycles. The standard InChI is InChI=1S/C41H52N8O6/c1-24(2)34(47(6)41(53)54-7)38(50)48-20-8-10-32(48)36-43-22-30(45-36)28-16-12-26(13-17-28)27-14-18-29(19-15-27)31-23-44-37(46-31)33-11-9-21-49(33)39(51)35(25(3)4)55-40(52)42-5/h12-19,22-25,32-35H,8-11,20-21H2,1-7H3,(H,42,52)(H,43,45)(H,44,46)/t32?,33-,34-,35-/m0/s1. The largest absolute Gasteiger partial charge is 0.453 e. The molecule has 2 aromatic heterocycles. The van der Waals surface area contributed by atoms with Gasteiger partial charge in [-0.25, -0.2) is 19.6 Å². The van der Waals surface area contributed by atoms with Crippen LogP contribution in [0.5, 0.6) is 0 Å². The van der Waals surface area contributed by atoms with Gasteiger partial charge in [0, 0.05) is 27.2 Å².